The molecule has 0 bridgehead atoms. The first kappa shape index (κ1) is 24.1. The van der Waals surface area contributed by atoms with Crippen molar-refractivity contribution in [3.05, 3.63) is 56.4 Å². The summed E-state index contributed by atoms with van der Waals surface area (Å²) in [5.41, 5.74) is 2.24. The summed E-state index contributed by atoms with van der Waals surface area (Å²) in [6.07, 6.45) is 3.74. The molecule has 4 rings (SSSR count). The summed E-state index contributed by atoms with van der Waals surface area (Å²) in [5, 5.41) is 3.37. The van der Waals surface area contributed by atoms with Gasteiger partial charge in [0.1, 0.15) is 15.5 Å². The number of fused-ring (bicyclic) bond motifs is 2. The lowest BCUT2D eigenvalue weighted by Crippen LogP contribution is -2.30. The highest BCUT2D eigenvalue weighted by Gasteiger charge is 2.26. The molecular weight excluding hydrogens is 450 g/mol. The van der Waals surface area contributed by atoms with Crippen molar-refractivity contribution in [1.82, 2.24) is 9.55 Å². The SMILES string of the molecule is CCC(C)c1ccccc1NC(=O)C(C)OC(=O)c1sc2nc3n(c(=O)c2c1C)CCCCC3. The Morgan fingerprint density at radius 3 is 2.74 bits per heavy atom. The average molecular weight is 482 g/mol. The van der Waals surface area contributed by atoms with E-state index in [2.05, 4.69) is 19.2 Å². The van der Waals surface area contributed by atoms with Gasteiger partial charge in [-0.05, 0) is 56.2 Å². The van der Waals surface area contributed by atoms with Crippen LogP contribution in [-0.2, 0) is 22.5 Å². The molecule has 2 atom stereocenters. The molecule has 2 aromatic heterocycles. The van der Waals surface area contributed by atoms with E-state index in [-0.39, 0.29) is 11.5 Å². The van der Waals surface area contributed by atoms with Crippen LogP contribution >= 0.6 is 11.3 Å². The predicted octanol–water partition coefficient (Wildman–Crippen LogP) is 5.19. The lowest BCUT2D eigenvalue weighted by atomic mass is 9.97. The fourth-order valence-corrected chi connectivity index (χ4v) is 5.44. The van der Waals surface area contributed by atoms with E-state index >= 15 is 0 Å². The van der Waals surface area contributed by atoms with E-state index in [4.69, 9.17) is 9.72 Å². The van der Waals surface area contributed by atoms with E-state index in [1.807, 2.05) is 24.3 Å². The third kappa shape index (κ3) is 4.64. The number of hydrogen-bond donors (Lipinski definition) is 1. The number of para-hydroxylation sites is 1. The summed E-state index contributed by atoms with van der Waals surface area (Å²) in [7, 11) is 0. The molecule has 0 radical (unpaired) electrons. The van der Waals surface area contributed by atoms with Gasteiger partial charge in [0.15, 0.2) is 6.10 Å². The molecule has 180 valence electrons. The fourth-order valence-electron chi connectivity index (χ4n) is 4.37. The minimum atomic E-state index is -0.993. The molecule has 8 heteroatoms. The summed E-state index contributed by atoms with van der Waals surface area (Å²) in [6.45, 7) is 8.16. The Labute approximate surface area is 203 Å². The quantitative estimate of drug-likeness (QED) is 0.489. The second-order valence-electron chi connectivity index (χ2n) is 8.97. The van der Waals surface area contributed by atoms with Crippen LogP contribution in [0.5, 0.6) is 0 Å². The summed E-state index contributed by atoms with van der Waals surface area (Å²) < 4.78 is 7.26. The Hall–Kier alpha value is -3.00. The Kier molecular flexibility index (Phi) is 7.16. The number of esters is 1. The molecular formula is C26H31N3O4S. The summed E-state index contributed by atoms with van der Waals surface area (Å²) in [4.78, 5) is 44.5. The van der Waals surface area contributed by atoms with Crippen molar-refractivity contribution >= 4 is 39.1 Å². The number of nitrogens with one attached hydrogen (secondary N) is 1. The lowest BCUT2D eigenvalue weighted by molar-refractivity contribution is -0.123. The maximum atomic E-state index is 13.1. The molecule has 1 aromatic carbocycles. The number of thiophene rings is 1. The van der Waals surface area contributed by atoms with Crippen LogP contribution in [0.4, 0.5) is 5.69 Å². The van der Waals surface area contributed by atoms with E-state index in [1.165, 1.54) is 0 Å². The van der Waals surface area contributed by atoms with Crippen LogP contribution in [0.1, 0.15) is 79.0 Å². The minimum absolute atomic E-state index is 0.0952. The first-order valence-electron chi connectivity index (χ1n) is 11.9. The maximum Gasteiger partial charge on any atom is 0.349 e. The van der Waals surface area contributed by atoms with Crippen molar-refractivity contribution in [1.29, 1.82) is 0 Å². The Morgan fingerprint density at radius 2 is 1.97 bits per heavy atom. The third-order valence-corrected chi connectivity index (χ3v) is 7.78. The number of aryl methyl sites for hydroxylation is 2. The van der Waals surface area contributed by atoms with Gasteiger partial charge in [0.05, 0.1) is 5.39 Å². The van der Waals surface area contributed by atoms with Crippen LogP contribution in [0.2, 0.25) is 0 Å². The van der Waals surface area contributed by atoms with E-state index in [1.54, 1.807) is 18.4 Å². The number of nitrogens with zero attached hydrogens (tertiary/aromatic N) is 2. The monoisotopic (exact) mass is 481 g/mol. The summed E-state index contributed by atoms with van der Waals surface area (Å²) in [5.74, 6) is 0.0620. The average Bonchev–Trinajstić information content (AvgIpc) is 2.99. The molecule has 34 heavy (non-hydrogen) atoms. The van der Waals surface area contributed by atoms with Gasteiger partial charge in [0, 0.05) is 18.7 Å². The van der Waals surface area contributed by atoms with Crippen molar-refractivity contribution in [2.24, 2.45) is 0 Å². The molecule has 1 N–H and O–H groups in total. The van der Waals surface area contributed by atoms with Gasteiger partial charge in [0.2, 0.25) is 0 Å². The zero-order valence-corrected chi connectivity index (χ0v) is 21.0. The van der Waals surface area contributed by atoms with Crippen molar-refractivity contribution in [2.45, 2.75) is 78.4 Å². The molecule has 2 unspecified atom stereocenters. The van der Waals surface area contributed by atoms with Gasteiger partial charge >= 0.3 is 5.97 Å². The molecule has 0 saturated carbocycles. The van der Waals surface area contributed by atoms with E-state index in [0.717, 1.165) is 60.5 Å². The van der Waals surface area contributed by atoms with Gasteiger partial charge in [-0.3, -0.25) is 14.2 Å². The second kappa shape index (κ2) is 10.1. The summed E-state index contributed by atoms with van der Waals surface area (Å²) in [6, 6.07) is 7.66. The smallest absolute Gasteiger partial charge is 0.349 e. The fraction of sp³-hybridized carbons (Fsp3) is 0.462. The first-order valence-corrected chi connectivity index (χ1v) is 12.8. The lowest BCUT2D eigenvalue weighted by Gasteiger charge is -2.18. The molecule has 1 aliphatic heterocycles. The van der Waals surface area contributed by atoms with Crippen LogP contribution in [0.25, 0.3) is 10.2 Å². The number of carbonyl (C=O) groups is 2. The molecule has 3 heterocycles. The van der Waals surface area contributed by atoms with Crippen molar-refractivity contribution < 1.29 is 14.3 Å². The highest BCUT2D eigenvalue weighted by Crippen LogP contribution is 2.30. The van der Waals surface area contributed by atoms with Gasteiger partial charge in [-0.2, -0.15) is 0 Å². The number of hydrogen-bond acceptors (Lipinski definition) is 6. The Balaban J connectivity index is 1.54. The molecule has 0 fully saturated rings. The topological polar surface area (TPSA) is 90.3 Å². The number of anilines is 1. The zero-order valence-electron chi connectivity index (χ0n) is 20.1. The molecule has 0 aliphatic carbocycles. The highest BCUT2D eigenvalue weighted by molar-refractivity contribution is 7.20. The van der Waals surface area contributed by atoms with Gasteiger partial charge in [0.25, 0.3) is 11.5 Å². The number of aromatic nitrogens is 2. The first-order chi connectivity index (χ1) is 16.3. The molecule has 1 aliphatic rings. The third-order valence-electron chi connectivity index (χ3n) is 6.61. The largest absolute Gasteiger partial charge is 0.448 e. The van der Waals surface area contributed by atoms with Gasteiger partial charge in [-0.1, -0.05) is 38.5 Å². The number of ether oxygens (including phenoxy) is 1. The standard InChI is InChI=1S/C26H31N3O4S/c1-5-15(2)18-11-8-9-12-19(18)27-23(30)17(4)33-26(32)22-16(3)21-24(34-22)28-20-13-7-6-10-14-29(20)25(21)31/h8-9,11-12,15,17H,5-7,10,13-14H2,1-4H3,(H,27,30). The number of rotatable bonds is 6. The van der Waals surface area contributed by atoms with E-state index in [0.29, 0.717) is 27.2 Å². The molecule has 3 aromatic rings. The molecule has 7 nitrogen and oxygen atoms in total. The molecule has 0 spiro atoms. The Bertz CT molecular complexity index is 1290. The van der Waals surface area contributed by atoms with Crippen LogP contribution in [0.15, 0.2) is 29.1 Å². The zero-order chi connectivity index (χ0) is 24.4. The van der Waals surface area contributed by atoms with Crippen LogP contribution in [0.3, 0.4) is 0 Å². The van der Waals surface area contributed by atoms with Gasteiger partial charge < -0.3 is 10.1 Å². The van der Waals surface area contributed by atoms with Gasteiger partial charge in [-0.15, -0.1) is 11.3 Å². The minimum Gasteiger partial charge on any atom is -0.448 e. The number of benzene rings is 1. The normalized spacial score (nSPS) is 15.3. The van der Waals surface area contributed by atoms with Crippen molar-refractivity contribution in [2.75, 3.05) is 5.32 Å². The molecule has 1 amide bonds. The highest BCUT2D eigenvalue weighted by atomic mass is 32.1. The number of amides is 1. The van der Waals surface area contributed by atoms with Crippen LogP contribution in [-0.4, -0.2) is 27.5 Å². The predicted molar refractivity (Wildman–Crippen MR) is 135 cm³/mol. The number of carbonyl (C=O) groups excluding carboxylic acids is 2. The van der Waals surface area contributed by atoms with E-state index < -0.39 is 18.0 Å². The van der Waals surface area contributed by atoms with Crippen LogP contribution < -0.4 is 10.9 Å². The van der Waals surface area contributed by atoms with Crippen molar-refractivity contribution in [3.63, 3.8) is 0 Å². The summed E-state index contributed by atoms with van der Waals surface area (Å²) >= 11 is 1.16. The second-order valence-corrected chi connectivity index (χ2v) is 9.96. The maximum absolute atomic E-state index is 13.1. The van der Waals surface area contributed by atoms with Gasteiger partial charge in [-0.25, -0.2) is 9.78 Å². The van der Waals surface area contributed by atoms with Crippen LogP contribution in [0, 0.1) is 6.92 Å². The van der Waals surface area contributed by atoms with E-state index in [9.17, 15) is 14.4 Å². The Morgan fingerprint density at radius 1 is 1.21 bits per heavy atom. The molecule has 0 saturated heterocycles. The van der Waals surface area contributed by atoms with Crippen molar-refractivity contribution in [3.8, 4) is 0 Å².